The number of rotatable bonds is 6. The molecule has 0 saturated carbocycles. The Hall–Kier alpha value is -1.92. The highest BCUT2D eigenvalue weighted by Crippen LogP contribution is 2.32. The molecule has 130 valence electrons. The molecule has 7 heteroatoms. The van der Waals surface area contributed by atoms with Gasteiger partial charge in [0.25, 0.3) is 10.0 Å². The zero-order valence-electron chi connectivity index (χ0n) is 14.0. The maximum absolute atomic E-state index is 12.7. The second kappa shape index (κ2) is 7.32. The largest absolute Gasteiger partial charge is 0.496 e. The van der Waals surface area contributed by atoms with Crippen LogP contribution in [0.15, 0.2) is 41.3 Å². The van der Waals surface area contributed by atoms with Crippen LogP contribution in [0.5, 0.6) is 11.5 Å². The van der Waals surface area contributed by atoms with Gasteiger partial charge in [0.15, 0.2) is 0 Å². The summed E-state index contributed by atoms with van der Waals surface area (Å²) in [6, 6.07) is 9.51. The van der Waals surface area contributed by atoms with E-state index in [2.05, 4.69) is 4.72 Å². The quantitative estimate of drug-likeness (QED) is 0.825. The Bertz CT molecular complexity index is 834. The van der Waals surface area contributed by atoms with Crippen LogP contribution in [0.4, 0.5) is 5.69 Å². The maximum atomic E-state index is 12.7. The van der Waals surface area contributed by atoms with Crippen LogP contribution in [0.2, 0.25) is 5.02 Å². The molecule has 0 aliphatic carbocycles. The van der Waals surface area contributed by atoms with Crippen LogP contribution < -0.4 is 14.2 Å². The third-order valence-electron chi connectivity index (χ3n) is 3.54. The average molecular weight is 370 g/mol. The van der Waals surface area contributed by atoms with Crippen molar-refractivity contribution in [2.75, 3.05) is 18.9 Å². The predicted molar refractivity (Wildman–Crippen MR) is 95.9 cm³/mol. The van der Waals surface area contributed by atoms with Crippen LogP contribution in [0.3, 0.4) is 0 Å². The van der Waals surface area contributed by atoms with Crippen molar-refractivity contribution in [3.63, 3.8) is 0 Å². The van der Waals surface area contributed by atoms with Gasteiger partial charge in [0.1, 0.15) is 11.5 Å². The highest BCUT2D eigenvalue weighted by Gasteiger charge is 2.19. The third-order valence-corrected chi connectivity index (χ3v) is 5.14. The minimum absolute atomic E-state index is 0.121. The van der Waals surface area contributed by atoms with Gasteiger partial charge in [-0.1, -0.05) is 25.4 Å². The summed E-state index contributed by atoms with van der Waals surface area (Å²) >= 11 is 5.95. The van der Waals surface area contributed by atoms with Gasteiger partial charge in [-0.25, -0.2) is 8.42 Å². The molecular formula is C17H20ClNO4S. The van der Waals surface area contributed by atoms with Gasteiger partial charge in [0.2, 0.25) is 0 Å². The van der Waals surface area contributed by atoms with E-state index >= 15 is 0 Å². The standard InChI is InChI=1S/C17H20ClNO4S/c1-11(2)14-10-13(6-8-16(14)22-3)24(20,21)19-15-9-12(18)5-7-17(15)23-4/h5-11,19H,1-4H3. The summed E-state index contributed by atoms with van der Waals surface area (Å²) in [5.74, 6) is 1.17. The molecule has 0 heterocycles. The lowest BCUT2D eigenvalue weighted by Gasteiger charge is -2.15. The lowest BCUT2D eigenvalue weighted by molar-refractivity contribution is 0.407. The van der Waals surface area contributed by atoms with Gasteiger partial charge >= 0.3 is 0 Å². The first-order valence-electron chi connectivity index (χ1n) is 7.32. The van der Waals surface area contributed by atoms with Crippen LogP contribution >= 0.6 is 11.6 Å². The van der Waals surface area contributed by atoms with Crippen molar-refractivity contribution in [2.24, 2.45) is 0 Å². The van der Waals surface area contributed by atoms with Crippen molar-refractivity contribution in [1.82, 2.24) is 0 Å². The summed E-state index contributed by atoms with van der Waals surface area (Å²) in [7, 11) is -0.764. The summed E-state index contributed by atoms with van der Waals surface area (Å²) in [5, 5.41) is 0.408. The van der Waals surface area contributed by atoms with Crippen molar-refractivity contribution in [3.05, 3.63) is 47.0 Å². The molecule has 0 bridgehead atoms. The van der Waals surface area contributed by atoms with Gasteiger partial charge < -0.3 is 9.47 Å². The fourth-order valence-electron chi connectivity index (χ4n) is 2.29. The normalized spacial score (nSPS) is 11.4. The van der Waals surface area contributed by atoms with Gasteiger partial charge in [0.05, 0.1) is 24.8 Å². The Balaban J connectivity index is 2.45. The van der Waals surface area contributed by atoms with Crippen LogP contribution in [0.25, 0.3) is 0 Å². The molecule has 2 aromatic carbocycles. The van der Waals surface area contributed by atoms with Crippen molar-refractivity contribution >= 4 is 27.3 Å². The van der Waals surface area contributed by atoms with E-state index in [9.17, 15) is 8.42 Å². The molecule has 0 fully saturated rings. The predicted octanol–water partition coefficient (Wildman–Crippen LogP) is 4.28. The number of ether oxygens (including phenoxy) is 2. The first kappa shape index (κ1) is 18.4. The number of nitrogens with one attached hydrogen (secondary N) is 1. The molecule has 1 N–H and O–H groups in total. The van der Waals surface area contributed by atoms with E-state index in [0.29, 0.717) is 16.5 Å². The SMILES string of the molecule is COc1ccc(Cl)cc1NS(=O)(=O)c1ccc(OC)c(C(C)C)c1. The number of halogens is 1. The van der Waals surface area contributed by atoms with Gasteiger partial charge in [-0.15, -0.1) is 0 Å². The average Bonchev–Trinajstić information content (AvgIpc) is 2.54. The van der Waals surface area contributed by atoms with Crippen molar-refractivity contribution in [2.45, 2.75) is 24.7 Å². The third kappa shape index (κ3) is 3.94. The highest BCUT2D eigenvalue weighted by atomic mass is 35.5. The van der Waals surface area contributed by atoms with E-state index in [-0.39, 0.29) is 16.5 Å². The van der Waals surface area contributed by atoms with E-state index in [4.69, 9.17) is 21.1 Å². The summed E-state index contributed by atoms with van der Waals surface area (Å²) < 4.78 is 38.4. The second-order valence-electron chi connectivity index (χ2n) is 5.51. The molecule has 0 aliphatic heterocycles. The molecule has 0 radical (unpaired) electrons. The van der Waals surface area contributed by atoms with Crippen molar-refractivity contribution in [3.8, 4) is 11.5 Å². The summed E-state index contributed by atoms with van der Waals surface area (Å²) in [6.07, 6.45) is 0. The van der Waals surface area contributed by atoms with E-state index in [0.717, 1.165) is 5.56 Å². The Labute approximate surface area is 147 Å². The summed E-state index contributed by atoms with van der Waals surface area (Å²) in [5.41, 5.74) is 1.10. The minimum atomic E-state index is -3.79. The Morgan fingerprint density at radius 3 is 2.21 bits per heavy atom. The van der Waals surface area contributed by atoms with E-state index in [1.807, 2.05) is 13.8 Å². The lowest BCUT2D eigenvalue weighted by Crippen LogP contribution is -2.14. The van der Waals surface area contributed by atoms with Crippen molar-refractivity contribution in [1.29, 1.82) is 0 Å². The fourth-order valence-corrected chi connectivity index (χ4v) is 3.56. The second-order valence-corrected chi connectivity index (χ2v) is 7.63. The maximum Gasteiger partial charge on any atom is 0.262 e. The topological polar surface area (TPSA) is 64.6 Å². The van der Waals surface area contributed by atoms with Crippen molar-refractivity contribution < 1.29 is 17.9 Å². The van der Waals surface area contributed by atoms with Gasteiger partial charge in [-0.05, 0) is 47.9 Å². The number of hydrogen-bond donors (Lipinski definition) is 1. The van der Waals surface area contributed by atoms with Crippen LogP contribution in [0, 0.1) is 0 Å². The molecule has 0 atom stereocenters. The molecule has 0 saturated heterocycles. The Morgan fingerprint density at radius 2 is 1.62 bits per heavy atom. The molecule has 0 aromatic heterocycles. The van der Waals surface area contributed by atoms with Gasteiger partial charge in [-0.2, -0.15) is 0 Å². The summed E-state index contributed by atoms with van der Waals surface area (Å²) in [6.45, 7) is 3.95. The molecule has 2 rings (SSSR count). The zero-order valence-corrected chi connectivity index (χ0v) is 15.5. The zero-order chi connectivity index (χ0) is 17.9. The molecule has 0 aliphatic rings. The van der Waals surface area contributed by atoms with Crippen LogP contribution in [-0.2, 0) is 10.0 Å². The Kier molecular flexibility index (Phi) is 5.62. The number of hydrogen-bond acceptors (Lipinski definition) is 4. The molecule has 0 spiro atoms. The molecule has 2 aromatic rings. The van der Waals surface area contributed by atoms with Crippen LogP contribution in [0.1, 0.15) is 25.3 Å². The van der Waals surface area contributed by atoms with E-state index < -0.39 is 10.0 Å². The monoisotopic (exact) mass is 369 g/mol. The fraction of sp³-hybridized carbons (Fsp3) is 0.294. The first-order valence-corrected chi connectivity index (χ1v) is 9.19. The smallest absolute Gasteiger partial charge is 0.262 e. The first-order chi connectivity index (χ1) is 11.3. The molecule has 0 unspecified atom stereocenters. The van der Waals surface area contributed by atoms with E-state index in [1.54, 1.807) is 31.4 Å². The molecule has 24 heavy (non-hydrogen) atoms. The molecular weight excluding hydrogens is 350 g/mol. The number of benzene rings is 2. The van der Waals surface area contributed by atoms with Crippen LogP contribution in [-0.4, -0.2) is 22.6 Å². The summed E-state index contributed by atoms with van der Waals surface area (Å²) in [4.78, 5) is 0.147. The molecule has 5 nitrogen and oxygen atoms in total. The van der Waals surface area contributed by atoms with Gasteiger partial charge in [0, 0.05) is 5.02 Å². The molecule has 0 amide bonds. The van der Waals surface area contributed by atoms with Gasteiger partial charge in [-0.3, -0.25) is 4.72 Å². The number of anilines is 1. The lowest BCUT2D eigenvalue weighted by atomic mass is 10.0. The number of methoxy groups -OCH3 is 2. The minimum Gasteiger partial charge on any atom is -0.496 e. The number of sulfonamides is 1. The Morgan fingerprint density at radius 1 is 1.00 bits per heavy atom. The van der Waals surface area contributed by atoms with E-state index in [1.165, 1.54) is 19.2 Å². The highest BCUT2D eigenvalue weighted by molar-refractivity contribution is 7.92.